The van der Waals surface area contributed by atoms with Gasteiger partial charge in [0.2, 0.25) is 5.95 Å². The quantitative estimate of drug-likeness (QED) is 0.407. The van der Waals surface area contributed by atoms with Gasteiger partial charge < -0.3 is 5.32 Å². The summed E-state index contributed by atoms with van der Waals surface area (Å²) in [6.07, 6.45) is 7.14. The van der Waals surface area contributed by atoms with Crippen LogP contribution in [0.4, 0.5) is 11.6 Å². The van der Waals surface area contributed by atoms with Crippen molar-refractivity contribution in [1.29, 1.82) is 0 Å². The second-order valence-corrected chi connectivity index (χ2v) is 8.29. The largest absolute Gasteiger partial charge is 0.319 e. The molecule has 32 heavy (non-hydrogen) atoms. The minimum absolute atomic E-state index is 0.228. The van der Waals surface area contributed by atoms with Crippen molar-refractivity contribution >= 4 is 39.9 Å². The summed E-state index contributed by atoms with van der Waals surface area (Å²) in [6.45, 7) is 4.12. The van der Waals surface area contributed by atoms with Crippen LogP contribution in [0.1, 0.15) is 19.9 Å². The second-order valence-electron chi connectivity index (χ2n) is 7.44. The van der Waals surface area contributed by atoms with Gasteiger partial charge in [-0.15, -0.1) is 16.9 Å². The van der Waals surface area contributed by atoms with Crippen LogP contribution in [-0.4, -0.2) is 40.6 Å². The summed E-state index contributed by atoms with van der Waals surface area (Å²) in [6, 6.07) is 11.3. The summed E-state index contributed by atoms with van der Waals surface area (Å²) in [5, 5.41) is 13.1. The molecule has 0 aliphatic rings. The zero-order chi connectivity index (χ0) is 22.2. The molecule has 10 heteroatoms. The normalized spacial score (nSPS) is 11.5. The lowest BCUT2D eigenvalue weighted by Crippen LogP contribution is -2.11. The molecular weight excluding hydrogens is 424 g/mol. The Balaban J connectivity index is 1.76. The van der Waals surface area contributed by atoms with Crippen LogP contribution in [-0.2, 0) is 0 Å². The van der Waals surface area contributed by atoms with Crippen LogP contribution in [0.5, 0.6) is 0 Å². The molecule has 0 saturated carbocycles. The van der Waals surface area contributed by atoms with E-state index in [2.05, 4.69) is 29.2 Å². The van der Waals surface area contributed by atoms with Crippen LogP contribution < -0.4 is 10.9 Å². The number of nitrogens with zero attached hydrogens (tertiary/aromatic N) is 7. The highest BCUT2D eigenvalue weighted by Crippen LogP contribution is 2.30. The van der Waals surface area contributed by atoms with E-state index in [-0.39, 0.29) is 11.6 Å². The van der Waals surface area contributed by atoms with Gasteiger partial charge in [-0.05, 0) is 44.4 Å². The molecule has 5 aromatic rings. The van der Waals surface area contributed by atoms with Crippen LogP contribution in [0.25, 0.3) is 27.9 Å². The molecule has 0 atom stereocenters. The number of rotatable bonds is 5. The average molecular weight is 445 g/mol. The molecule has 1 N–H and O–H groups in total. The molecule has 4 heterocycles. The van der Waals surface area contributed by atoms with E-state index >= 15 is 0 Å². The van der Waals surface area contributed by atoms with Gasteiger partial charge >= 0.3 is 0 Å². The molecule has 9 nitrogen and oxygen atoms in total. The molecule has 0 amide bonds. The van der Waals surface area contributed by atoms with Crippen molar-refractivity contribution in [3.63, 3.8) is 0 Å². The summed E-state index contributed by atoms with van der Waals surface area (Å²) >= 11 is 1.60. The van der Waals surface area contributed by atoms with E-state index in [1.165, 1.54) is 6.20 Å². The molecule has 0 bridgehead atoms. The lowest BCUT2D eigenvalue weighted by Gasteiger charge is -2.09. The van der Waals surface area contributed by atoms with Crippen LogP contribution in [0.15, 0.2) is 64.7 Å². The second kappa shape index (κ2) is 8.04. The third-order valence-electron chi connectivity index (χ3n) is 5.00. The van der Waals surface area contributed by atoms with E-state index in [9.17, 15) is 4.79 Å². The fourth-order valence-electron chi connectivity index (χ4n) is 3.38. The van der Waals surface area contributed by atoms with E-state index in [1.54, 1.807) is 40.7 Å². The van der Waals surface area contributed by atoms with Gasteiger partial charge in [0.25, 0.3) is 5.56 Å². The molecule has 1 aromatic carbocycles. The van der Waals surface area contributed by atoms with Crippen LogP contribution in [0.2, 0.25) is 0 Å². The van der Waals surface area contributed by atoms with Gasteiger partial charge in [0.15, 0.2) is 11.5 Å². The fraction of sp³-hybridized carbons (Fsp3) is 0.182. The number of benzene rings is 1. The summed E-state index contributed by atoms with van der Waals surface area (Å²) in [7, 11) is 0. The smallest absolute Gasteiger partial charge is 0.293 e. The van der Waals surface area contributed by atoms with Gasteiger partial charge in [-0.1, -0.05) is 12.1 Å². The number of para-hydroxylation sites is 1. The highest BCUT2D eigenvalue weighted by molar-refractivity contribution is 7.98. The van der Waals surface area contributed by atoms with Crippen molar-refractivity contribution in [1.82, 2.24) is 34.3 Å². The van der Waals surface area contributed by atoms with E-state index in [1.807, 2.05) is 35.3 Å². The summed E-state index contributed by atoms with van der Waals surface area (Å²) in [5.74, 6) is 0.914. The Morgan fingerprint density at radius 2 is 1.97 bits per heavy atom. The number of nitrogens with one attached hydrogen (secondary N) is 1. The first-order valence-electron chi connectivity index (χ1n) is 10.1. The van der Waals surface area contributed by atoms with Crippen molar-refractivity contribution in [3.8, 4) is 11.4 Å². The molecule has 0 spiro atoms. The van der Waals surface area contributed by atoms with E-state index in [0.717, 1.165) is 21.4 Å². The van der Waals surface area contributed by atoms with Gasteiger partial charge in [0, 0.05) is 28.7 Å². The first-order chi connectivity index (χ1) is 15.5. The number of thioether (sulfide) groups is 1. The number of anilines is 2. The monoisotopic (exact) mass is 444 g/mol. The van der Waals surface area contributed by atoms with Crippen molar-refractivity contribution in [3.05, 3.63) is 65.3 Å². The van der Waals surface area contributed by atoms with Gasteiger partial charge in [-0.25, -0.2) is 15.0 Å². The van der Waals surface area contributed by atoms with E-state index in [4.69, 9.17) is 15.1 Å². The van der Waals surface area contributed by atoms with Crippen molar-refractivity contribution < 1.29 is 0 Å². The highest BCUT2D eigenvalue weighted by Gasteiger charge is 2.18. The molecule has 5 rings (SSSR count). The molecule has 0 saturated heterocycles. The van der Waals surface area contributed by atoms with Crippen molar-refractivity contribution in [2.45, 2.75) is 24.8 Å². The van der Waals surface area contributed by atoms with Gasteiger partial charge in [0.05, 0.1) is 17.3 Å². The maximum absolute atomic E-state index is 12.4. The highest BCUT2D eigenvalue weighted by atomic mass is 32.2. The van der Waals surface area contributed by atoms with Gasteiger partial charge in [-0.2, -0.15) is 9.61 Å². The number of hydrogen-bond acceptors (Lipinski definition) is 8. The van der Waals surface area contributed by atoms with E-state index in [0.29, 0.717) is 23.1 Å². The summed E-state index contributed by atoms with van der Waals surface area (Å²) in [4.78, 5) is 26.9. The Morgan fingerprint density at radius 1 is 1.09 bits per heavy atom. The third-order valence-corrected chi connectivity index (χ3v) is 5.77. The number of hydrogen-bond donors (Lipinski definition) is 1. The summed E-state index contributed by atoms with van der Waals surface area (Å²) < 4.78 is 3.49. The topological polar surface area (TPSA) is 103 Å². The van der Waals surface area contributed by atoms with Crippen molar-refractivity contribution in [2.24, 2.45) is 0 Å². The SMILES string of the molecule is CSc1cccc2c1nc(Nc1ccccnc1=O)n1nc(-c3cnn(C(C)C)c3)nc21. The maximum atomic E-state index is 12.4. The predicted octanol–water partition coefficient (Wildman–Crippen LogP) is 3.94. The van der Waals surface area contributed by atoms with Crippen LogP contribution in [0, 0.1) is 0 Å². The Hall–Kier alpha value is -3.79. The predicted molar refractivity (Wildman–Crippen MR) is 125 cm³/mol. The Morgan fingerprint density at radius 3 is 2.75 bits per heavy atom. The minimum atomic E-state index is -0.387. The number of fused-ring (bicyclic) bond motifs is 3. The molecule has 0 radical (unpaired) electrons. The standard InChI is InChI=1S/C22H20N8OS/c1-13(2)29-12-14(11-24-29)19-27-20-15-7-6-9-17(32-3)18(15)26-22(30(20)28-19)25-16-8-4-5-10-23-21(16)31/h4-13H,1-3H3,(H,23,25,26,31). The Labute approximate surface area is 187 Å². The average Bonchev–Trinajstić information content (AvgIpc) is 3.41. The first-order valence-corrected chi connectivity index (χ1v) is 11.3. The molecule has 0 aliphatic carbocycles. The molecule has 0 fully saturated rings. The Kier molecular flexibility index (Phi) is 5.06. The van der Waals surface area contributed by atoms with Crippen LogP contribution in [0.3, 0.4) is 0 Å². The Bertz CT molecular complexity index is 1510. The minimum Gasteiger partial charge on any atom is -0.319 e. The summed E-state index contributed by atoms with van der Waals surface area (Å²) in [5.41, 5.74) is 2.14. The first kappa shape index (κ1) is 20.1. The van der Waals surface area contributed by atoms with Crippen molar-refractivity contribution in [2.75, 3.05) is 11.6 Å². The van der Waals surface area contributed by atoms with Gasteiger partial charge in [0.1, 0.15) is 5.69 Å². The lowest BCUT2D eigenvalue weighted by molar-refractivity contribution is 0.532. The zero-order valence-corrected chi connectivity index (χ0v) is 18.5. The number of aromatic nitrogens is 7. The van der Waals surface area contributed by atoms with E-state index < -0.39 is 0 Å². The third kappa shape index (κ3) is 3.48. The maximum Gasteiger partial charge on any atom is 0.293 e. The lowest BCUT2D eigenvalue weighted by atomic mass is 10.2. The molecule has 0 aliphatic heterocycles. The zero-order valence-electron chi connectivity index (χ0n) is 17.7. The molecule has 4 aromatic heterocycles. The fourth-order valence-corrected chi connectivity index (χ4v) is 3.94. The van der Waals surface area contributed by atoms with Crippen LogP contribution >= 0.6 is 11.8 Å². The van der Waals surface area contributed by atoms with Gasteiger partial charge in [-0.3, -0.25) is 9.48 Å². The molecular formula is C22H20N8OS. The molecule has 160 valence electrons. The molecule has 0 unspecified atom stereocenters.